The highest BCUT2D eigenvalue weighted by Gasteiger charge is 2.16. The Bertz CT molecular complexity index is 367. The van der Waals surface area contributed by atoms with Crippen molar-refractivity contribution in [3.8, 4) is 0 Å². The molecule has 1 aromatic heterocycles. The number of halogens is 1. The van der Waals surface area contributed by atoms with Crippen molar-refractivity contribution in [1.82, 2.24) is 9.97 Å². The number of rotatable bonds is 5. The SMILES string of the molecule is CCCc1c(Cl)ncnc1NCC1CCOC1. The molecule has 0 radical (unpaired) electrons. The smallest absolute Gasteiger partial charge is 0.137 e. The van der Waals surface area contributed by atoms with Crippen LogP contribution in [0, 0.1) is 5.92 Å². The summed E-state index contributed by atoms with van der Waals surface area (Å²) in [6.07, 6.45) is 4.57. The molecular weight excluding hydrogens is 238 g/mol. The zero-order valence-corrected chi connectivity index (χ0v) is 10.8. The van der Waals surface area contributed by atoms with Gasteiger partial charge in [-0.05, 0) is 12.8 Å². The van der Waals surface area contributed by atoms with Gasteiger partial charge in [0.2, 0.25) is 0 Å². The molecule has 17 heavy (non-hydrogen) atoms. The number of anilines is 1. The summed E-state index contributed by atoms with van der Waals surface area (Å²) < 4.78 is 5.35. The van der Waals surface area contributed by atoms with Gasteiger partial charge < -0.3 is 10.1 Å². The maximum absolute atomic E-state index is 6.09. The molecule has 4 nitrogen and oxygen atoms in total. The highest BCUT2D eigenvalue weighted by Crippen LogP contribution is 2.22. The summed E-state index contributed by atoms with van der Waals surface area (Å²) in [5.41, 5.74) is 1.02. The first-order valence-corrected chi connectivity index (χ1v) is 6.50. The van der Waals surface area contributed by atoms with E-state index >= 15 is 0 Å². The highest BCUT2D eigenvalue weighted by atomic mass is 35.5. The van der Waals surface area contributed by atoms with Crippen molar-refractivity contribution in [3.63, 3.8) is 0 Å². The van der Waals surface area contributed by atoms with E-state index in [0.717, 1.165) is 50.4 Å². The second kappa shape index (κ2) is 6.17. The van der Waals surface area contributed by atoms with Gasteiger partial charge in [-0.1, -0.05) is 24.9 Å². The predicted molar refractivity (Wildman–Crippen MR) is 68.5 cm³/mol. The molecule has 5 heteroatoms. The van der Waals surface area contributed by atoms with Crippen molar-refractivity contribution in [2.75, 3.05) is 25.1 Å². The lowest BCUT2D eigenvalue weighted by molar-refractivity contribution is 0.187. The Labute approximate surface area is 107 Å². The summed E-state index contributed by atoms with van der Waals surface area (Å²) in [5.74, 6) is 1.46. The Kier molecular flexibility index (Phi) is 4.57. The largest absolute Gasteiger partial charge is 0.381 e. The molecule has 1 aliphatic rings. The quantitative estimate of drug-likeness (QED) is 0.822. The number of hydrogen-bond donors (Lipinski definition) is 1. The van der Waals surface area contributed by atoms with E-state index in [1.54, 1.807) is 0 Å². The topological polar surface area (TPSA) is 47.0 Å². The van der Waals surface area contributed by atoms with Crippen LogP contribution >= 0.6 is 11.6 Å². The van der Waals surface area contributed by atoms with Gasteiger partial charge in [0.05, 0.1) is 6.61 Å². The summed E-state index contributed by atoms with van der Waals surface area (Å²) >= 11 is 6.09. The molecule has 1 saturated heterocycles. The Morgan fingerprint density at radius 2 is 2.41 bits per heavy atom. The van der Waals surface area contributed by atoms with Crippen molar-refractivity contribution in [1.29, 1.82) is 0 Å². The van der Waals surface area contributed by atoms with Crippen LogP contribution in [0.4, 0.5) is 5.82 Å². The number of nitrogens with zero attached hydrogens (tertiary/aromatic N) is 2. The molecule has 0 aliphatic carbocycles. The third-order valence-electron chi connectivity index (χ3n) is 2.97. The van der Waals surface area contributed by atoms with Crippen LogP contribution in [0.5, 0.6) is 0 Å². The monoisotopic (exact) mass is 255 g/mol. The predicted octanol–water partition coefficient (Wildman–Crippen LogP) is 2.53. The summed E-state index contributed by atoms with van der Waals surface area (Å²) in [7, 11) is 0. The van der Waals surface area contributed by atoms with Gasteiger partial charge in [0.1, 0.15) is 17.3 Å². The van der Waals surface area contributed by atoms with Gasteiger partial charge in [0.25, 0.3) is 0 Å². The molecule has 1 fully saturated rings. The van der Waals surface area contributed by atoms with Gasteiger partial charge in [-0.25, -0.2) is 9.97 Å². The van der Waals surface area contributed by atoms with Crippen LogP contribution in [-0.4, -0.2) is 29.7 Å². The third kappa shape index (κ3) is 3.30. The van der Waals surface area contributed by atoms with Crippen molar-refractivity contribution >= 4 is 17.4 Å². The van der Waals surface area contributed by atoms with E-state index < -0.39 is 0 Å². The number of hydrogen-bond acceptors (Lipinski definition) is 4. The lowest BCUT2D eigenvalue weighted by Gasteiger charge is -2.13. The number of nitrogens with one attached hydrogen (secondary N) is 1. The van der Waals surface area contributed by atoms with Crippen molar-refractivity contribution in [2.45, 2.75) is 26.2 Å². The Morgan fingerprint density at radius 3 is 3.12 bits per heavy atom. The third-order valence-corrected chi connectivity index (χ3v) is 3.30. The van der Waals surface area contributed by atoms with E-state index in [4.69, 9.17) is 16.3 Å². The standard InChI is InChI=1S/C12H18ClN3O/c1-2-3-10-11(13)15-8-16-12(10)14-6-9-4-5-17-7-9/h8-9H,2-7H2,1H3,(H,14,15,16). The second-order valence-corrected chi connectivity index (χ2v) is 4.71. The maximum Gasteiger partial charge on any atom is 0.137 e. The Balaban J connectivity index is 2.00. The Morgan fingerprint density at radius 1 is 1.53 bits per heavy atom. The van der Waals surface area contributed by atoms with Crippen LogP contribution in [0.25, 0.3) is 0 Å². The van der Waals surface area contributed by atoms with Crippen molar-refractivity contribution < 1.29 is 4.74 Å². The van der Waals surface area contributed by atoms with Gasteiger partial charge in [-0.2, -0.15) is 0 Å². The molecule has 1 unspecified atom stereocenters. The average molecular weight is 256 g/mol. The Hall–Kier alpha value is -0.870. The van der Waals surface area contributed by atoms with Gasteiger partial charge in [-0.3, -0.25) is 0 Å². The molecule has 0 amide bonds. The fourth-order valence-electron chi connectivity index (χ4n) is 2.00. The highest BCUT2D eigenvalue weighted by molar-refractivity contribution is 6.30. The molecule has 94 valence electrons. The van der Waals surface area contributed by atoms with Gasteiger partial charge in [0.15, 0.2) is 0 Å². The number of ether oxygens (including phenoxy) is 1. The fraction of sp³-hybridized carbons (Fsp3) is 0.667. The molecule has 2 heterocycles. The zero-order valence-electron chi connectivity index (χ0n) is 10.1. The van der Waals surface area contributed by atoms with E-state index in [9.17, 15) is 0 Å². The number of aromatic nitrogens is 2. The lowest BCUT2D eigenvalue weighted by atomic mass is 10.1. The van der Waals surface area contributed by atoms with E-state index in [1.165, 1.54) is 6.33 Å². The lowest BCUT2D eigenvalue weighted by Crippen LogP contribution is -2.16. The molecule has 0 spiro atoms. The van der Waals surface area contributed by atoms with E-state index in [-0.39, 0.29) is 0 Å². The molecular formula is C12H18ClN3O. The molecule has 1 atom stereocenters. The first-order chi connectivity index (χ1) is 8.31. The summed E-state index contributed by atoms with van der Waals surface area (Å²) in [6, 6.07) is 0. The van der Waals surface area contributed by atoms with E-state index in [2.05, 4.69) is 22.2 Å². The van der Waals surface area contributed by atoms with Crippen LogP contribution < -0.4 is 5.32 Å². The molecule has 1 aliphatic heterocycles. The van der Waals surface area contributed by atoms with Crippen LogP contribution in [0.2, 0.25) is 5.15 Å². The van der Waals surface area contributed by atoms with Crippen LogP contribution in [0.3, 0.4) is 0 Å². The molecule has 1 aromatic rings. The molecule has 2 rings (SSSR count). The summed E-state index contributed by atoms with van der Waals surface area (Å²) in [4.78, 5) is 8.30. The van der Waals surface area contributed by atoms with Crippen LogP contribution in [-0.2, 0) is 11.2 Å². The molecule has 0 saturated carbocycles. The van der Waals surface area contributed by atoms with Gasteiger partial charge in [0, 0.05) is 24.6 Å². The molecule has 0 aromatic carbocycles. The van der Waals surface area contributed by atoms with E-state index in [1.807, 2.05) is 0 Å². The molecule has 1 N–H and O–H groups in total. The van der Waals surface area contributed by atoms with Gasteiger partial charge in [-0.15, -0.1) is 0 Å². The average Bonchev–Trinajstić information content (AvgIpc) is 2.83. The summed E-state index contributed by atoms with van der Waals surface area (Å²) in [6.45, 7) is 4.73. The first-order valence-electron chi connectivity index (χ1n) is 6.12. The zero-order chi connectivity index (χ0) is 12.1. The van der Waals surface area contributed by atoms with Gasteiger partial charge >= 0.3 is 0 Å². The maximum atomic E-state index is 6.09. The fourth-order valence-corrected chi connectivity index (χ4v) is 2.23. The van der Waals surface area contributed by atoms with Crippen molar-refractivity contribution in [2.24, 2.45) is 5.92 Å². The van der Waals surface area contributed by atoms with Crippen LogP contribution in [0.1, 0.15) is 25.3 Å². The molecule has 0 bridgehead atoms. The van der Waals surface area contributed by atoms with Crippen LogP contribution in [0.15, 0.2) is 6.33 Å². The van der Waals surface area contributed by atoms with E-state index in [0.29, 0.717) is 11.1 Å². The summed E-state index contributed by atoms with van der Waals surface area (Å²) in [5, 5.41) is 3.93. The minimum Gasteiger partial charge on any atom is -0.381 e. The first kappa shape index (κ1) is 12.6. The normalized spacial score (nSPS) is 19.5. The minimum absolute atomic E-state index is 0.562. The minimum atomic E-state index is 0.562. The van der Waals surface area contributed by atoms with Crippen molar-refractivity contribution in [3.05, 3.63) is 17.0 Å². The second-order valence-electron chi connectivity index (χ2n) is 4.35.